The Balaban J connectivity index is 1.52. The molecule has 0 unspecified atom stereocenters. The van der Waals surface area contributed by atoms with Crippen LogP contribution in [0.5, 0.6) is 0 Å². The lowest BCUT2D eigenvalue weighted by molar-refractivity contribution is 0.643. The van der Waals surface area contributed by atoms with E-state index < -0.39 is 0 Å². The summed E-state index contributed by atoms with van der Waals surface area (Å²) < 4.78 is 1.20. The van der Waals surface area contributed by atoms with Crippen LogP contribution in [0.2, 0.25) is 0 Å². The highest BCUT2D eigenvalue weighted by Gasteiger charge is 2.45. The number of guanidine groups is 1. The molecule has 0 bridgehead atoms. The lowest BCUT2D eigenvalue weighted by atomic mass is 9.96. The van der Waals surface area contributed by atoms with Gasteiger partial charge in [-0.1, -0.05) is 34.1 Å². The first kappa shape index (κ1) is 17.9. The van der Waals surface area contributed by atoms with Crippen LogP contribution >= 0.6 is 15.9 Å². The molecule has 1 aliphatic rings. The maximum absolute atomic E-state index is 4.36. The third-order valence-electron chi connectivity index (χ3n) is 4.94. The van der Waals surface area contributed by atoms with E-state index in [4.69, 9.17) is 0 Å². The number of aryl methyl sites for hydroxylation is 1. The third kappa shape index (κ3) is 4.40. The fourth-order valence-corrected chi connectivity index (χ4v) is 3.86. The lowest BCUT2D eigenvalue weighted by Gasteiger charge is -2.20. The molecule has 2 N–H and O–H groups in total. The summed E-state index contributed by atoms with van der Waals surface area (Å²) in [7, 11) is 1.82. The topological polar surface area (TPSA) is 49.3 Å². The van der Waals surface area contributed by atoms with Gasteiger partial charge < -0.3 is 10.6 Å². The summed E-state index contributed by atoms with van der Waals surface area (Å²) in [6.45, 7) is 3.86. The number of pyridine rings is 1. The molecular weight excluding hydrogens is 376 g/mol. The molecule has 1 fully saturated rings. The van der Waals surface area contributed by atoms with Crippen molar-refractivity contribution in [3.63, 3.8) is 0 Å². The molecule has 4 nitrogen and oxygen atoms in total. The molecule has 5 heteroatoms. The molecule has 0 spiro atoms. The molecule has 0 radical (unpaired) electrons. The highest BCUT2D eigenvalue weighted by molar-refractivity contribution is 9.10. The average molecular weight is 401 g/mol. The van der Waals surface area contributed by atoms with Crippen molar-refractivity contribution in [2.75, 3.05) is 20.1 Å². The smallest absolute Gasteiger partial charge is 0.191 e. The minimum atomic E-state index is 0.236. The van der Waals surface area contributed by atoms with Crippen LogP contribution < -0.4 is 10.6 Å². The van der Waals surface area contributed by atoms with Gasteiger partial charge in [0.1, 0.15) is 0 Å². The minimum absolute atomic E-state index is 0.236. The Morgan fingerprint density at radius 2 is 2.04 bits per heavy atom. The van der Waals surface area contributed by atoms with Crippen LogP contribution in [0.1, 0.15) is 29.5 Å². The van der Waals surface area contributed by atoms with Crippen molar-refractivity contribution >= 4 is 21.9 Å². The van der Waals surface area contributed by atoms with E-state index in [0.717, 1.165) is 25.5 Å². The van der Waals surface area contributed by atoms with Crippen molar-refractivity contribution in [2.45, 2.75) is 31.6 Å². The summed E-state index contributed by atoms with van der Waals surface area (Å²) in [5, 5.41) is 6.92. The first-order valence-corrected chi connectivity index (χ1v) is 9.53. The number of hydrogen-bond acceptors (Lipinski definition) is 2. The predicted octanol–water partition coefficient (Wildman–Crippen LogP) is 3.59. The van der Waals surface area contributed by atoms with Crippen molar-refractivity contribution in [3.8, 4) is 0 Å². The summed E-state index contributed by atoms with van der Waals surface area (Å²) in [6, 6.07) is 10.6. The predicted molar refractivity (Wildman–Crippen MR) is 107 cm³/mol. The van der Waals surface area contributed by atoms with Gasteiger partial charge in [0.15, 0.2) is 5.96 Å². The maximum Gasteiger partial charge on any atom is 0.191 e. The number of hydrogen-bond donors (Lipinski definition) is 2. The summed E-state index contributed by atoms with van der Waals surface area (Å²) in [6.07, 6.45) is 7.16. The fraction of sp³-hybridized carbons (Fsp3) is 0.400. The second kappa shape index (κ2) is 8.00. The van der Waals surface area contributed by atoms with Crippen LogP contribution in [0.15, 0.2) is 52.2 Å². The van der Waals surface area contributed by atoms with Gasteiger partial charge in [-0.3, -0.25) is 9.98 Å². The molecule has 1 aromatic heterocycles. The van der Waals surface area contributed by atoms with E-state index in [2.05, 4.69) is 73.8 Å². The van der Waals surface area contributed by atoms with Gasteiger partial charge in [0.2, 0.25) is 0 Å². The number of nitrogens with one attached hydrogen (secondary N) is 2. The Hall–Kier alpha value is -1.88. The van der Waals surface area contributed by atoms with E-state index in [9.17, 15) is 0 Å². The van der Waals surface area contributed by atoms with Gasteiger partial charge in [-0.25, -0.2) is 0 Å². The molecule has 25 heavy (non-hydrogen) atoms. The summed E-state index contributed by atoms with van der Waals surface area (Å²) >= 11 is 3.69. The molecular formula is C20H25BrN4. The van der Waals surface area contributed by atoms with Crippen molar-refractivity contribution in [1.29, 1.82) is 0 Å². The van der Waals surface area contributed by atoms with Crippen molar-refractivity contribution in [1.82, 2.24) is 15.6 Å². The second-order valence-electron chi connectivity index (χ2n) is 6.66. The van der Waals surface area contributed by atoms with Crippen LogP contribution in [-0.4, -0.2) is 31.1 Å². The molecule has 1 aromatic carbocycles. The van der Waals surface area contributed by atoms with Gasteiger partial charge in [-0.05, 0) is 55.0 Å². The van der Waals surface area contributed by atoms with Gasteiger partial charge in [0.25, 0.3) is 0 Å². The quantitative estimate of drug-likeness (QED) is 0.575. The highest BCUT2D eigenvalue weighted by atomic mass is 79.9. The number of halogens is 1. The van der Waals surface area contributed by atoms with Crippen molar-refractivity contribution < 1.29 is 0 Å². The van der Waals surface area contributed by atoms with Crippen LogP contribution in [0.4, 0.5) is 0 Å². The molecule has 2 aromatic rings. The van der Waals surface area contributed by atoms with E-state index in [1.165, 1.54) is 34.0 Å². The molecule has 0 saturated heterocycles. The number of aromatic nitrogens is 1. The maximum atomic E-state index is 4.36. The average Bonchev–Trinajstić information content (AvgIpc) is 3.41. The zero-order valence-electron chi connectivity index (χ0n) is 14.8. The number of nitrogens with zero attached hydrogens (tertiary/aromatic N) is 2. The van der Waals surface area contributed by atoms with Gasteiger partial charge in [0.05, 0.1) is 0 Å². The first-order valence-electron chi connectivity index (χ1n) is 8.74. The molecule has 132 valence electrons. The zero-order valence-corrected chi connectivity index (χ0v) is 16.4. The van der Waals surface area contributed by atoms with E-state index in [1.807, 2.05) is 19.4 Å². The van der Waals surface area contributed by atoms with Crippen LogP contribution in [0.25, 0.3) is 0 Å². The third-order valence-corrected chi connectivity index (χ3v) is 5.63. The van der Waals surface area contributed by atoms with Gasteiger partial charge in [-0.15, -0.1) is 0 Å². The Morgan fingerprint density at radius 3 is 2.72 bits per heavy atom. The van der Waals surface area contributed by atoms with E-state index in [0.29, 0.717) is 0 Å². The Bertz CT molecular complexity index is 753. The van der Waals surface area contributed by atoms with Gasteiger partial charge >= 0.3 is 0 Å². The molecule has 0 amide bonds. The number of benzene rings is 1. The van der Waals surface area contributed by atoms with Crippen molar-refractivity contribution in [2.24, 2.45) is 4.99 Å². The molecule has 1 aliphatic carbocycles. The number of rotatable bonds is 6. The SMILES string of the molecule is CN=C(NCCc1ccncc1C)NCC1(c2ccccc2Br)CC1. The lowest BCUT2D eigenvalue weighted by Crippen LogP contribution is -2.42. The molecule has 1 heterocycles. The van der Waals surface area contributed by atoms with Crippen LogP contribution in [0, 0.1) is 6.92 Å². The Labute approximate surface area is 158 Å². The number of aliphatic imine (C=N–C) groups is 1. The summed E-state index contributed by atoms with van der Waals surface area (Å²) in [5.41, 5.74) is 4.19. The van der Waals surface area contributed by atoms with E-state index in [1.54, 1.807) is 0 Å². The van der Waals surface area contributed by atoms with Gasteiger partial charge in [0, 0.05) is 42.4 Å². The normalized spacial score (nSPS) is 15.7. The van der Waals surface area contributed by atoms with E-state index in [-0.39, 0.29) is 5.41 Å². The fourth-order valence-electron chi connectivity index (χ4n) is 3.16. The highest BCUT2D eigenvalue weighted by Crippen LogP contribution is 2.49. The van der Waals surface area contributed by atoms with Gasteiger partial charge in [-0.2, -0.15) is 0 Å². The molecule has 0 atom stereocenters. The zero-order chi connectivity index (χ0) is 17.7. The molecule has 1 saturated carbocycles. The monoisotopic (exact) mass is 400 g/mol. The summed E-state index contributed by atoms with van der Waals surface area (Å²) in [4.78, 5) is 8.50. The largest absolute Gasteiger partial charge is 0.356 e. The Morgan fingerprint density at radius 1 is 1.24 bits per heavy atom. The molecule has 3 rings (SSSR count). The van der Waals surface area contributed by atoms with E-state index >= 15 is 0 Å². The molecule has 0 aliphatic heterocycles. The minimum Gasteiger partial charge on any atom is -0.356 e. The van der Waals surface area contributed by atoms with Crippen LogP contribution in [0.3, 0.4) is 0 Å². The summed E-state index contributed by atoms with van der Waals surface area (Å²) in [5.74, 6) is 0.866. The first-order chi connectivity index (χ1) is 12.1. The standard InChI is InChI=1S/C20H25BrN4/c1-15-13-23-11-7-16(15)8-12-24-19(22-2)25-14-20(9-10-20)17-5-3-4-6-18(17)21/h3-7,11,13H,8-10,12,14H2,1-2H3,(H2,22,24,25). The Kier molecular flexibility index (Phi) is 5.74. The van der Waals surface area contributed by atoms with Crippen LogP contribution in [-0.2, 0) is 11.8 Å². The van der Waals surface area contributed by atoms with Crippen molar-refractivity contribution in [3.05, 3.63) is 63.9 Å². The second-order valence-corrected chi connectivity index (χ2v) is 7.52.